The van der Waals surface area contributed by atoms with Gasteiger partial charge in [-0.05, 0) is 30.3 Å². The highest BCUT2D eigenvalue weighted by molar-refractivity contribution is 5.73. The summed E-state index contributed by atoms with van der Waals surface area (Å²) in [6, 6.07) is 8.77. The van der Waals surface area contributed by atoms with E-state index in [0.717, 1.165) is 48.9 Å². The maximum atomic E-state index is 14.0. The molecule has 3 heterocycles. The number of nitrogens with zero attached hydrogens (tertiary/aromatic N) is 3. The number of piperazine rings is 1. The van der Waals surface area contributed by atoms with Crippen molar-refractivity contribution in [1.29, 1.82) is 0 Å². The number of hydrogen-bond acceptors (Lipinski definition) is 5. The van der Waals surface area contributed by atoms with Crippen LogP contribution >= 0.6 is 0 Å². The van der Waals surface area contributed by atoms with E-state index >= 15 is 0 Å². The van der Waals surface area contributed by atoms with Crippen LogP contribution in [-0.2, 0) is 6.54 Å². The second kappa shape index (κ2) is 7.54. The molecule has 0 saturated carbocycles. The normalized spacial score (nSPS) is 15.2. The Kier molecular flexibility index (Phi) is 4.96. The number of hydrogen-bond donors (Lipinski definition) is 1. The Morgan fingerprint density at radius 1 is 1.11 bits per heavy atom. The first-order valence-electron chi connectivity index (χ1n) is 9.01. The monoisotopic (exact) mass is 370 g/mol. The molecule has 1 fully saturated rings. The number of ether oxygens (including phenoxy) is 2. The van der Waals surface area contributed by atoms with Gasteiger partial charge in [-0.3, -0.25) is 9.30 Å². The number of fused-ring (bicyclic) bond motifs is 1. The maximum absolute atomic E-state index is 14.0. The van der Waals surface area contributed by atoms with E-state index in [1.165, 1.54) is 12.3 Å². The van der Waals surface area contributed by atoms with E-state index in [4.69, 9.17) is 14.5 Å². The van der Waals surface area contributed by atoms with Gasteiger partial charge in [0.1, 0.15) is 23.0 Å². The fourth-order valence-corrected chi connectivity index (χ4v) is 3.51. The van der Waals surface area contributed by atoms with E-state index in [0.29, 0.717) is 17.9 Å². The molecule has 27 heavy (non-hydrogen) atoms. The van der Waals surface area contributed by atoms with Crippen molar-refractivity contribution in [2.75, 3.05) is 40.4 Å². The summed E-state index contributed by atoms with van der Waals surface area (Å²) in [5, 5.41) is 3.36. The summed E-state index contributed by atoms with van der Waals surface area (Å²) >= 11 is 0. The van der Waals surface area contributed by atoms with Crippen molar-refractivity contribution in [3.8, 4) is 22.8 Å². The van der Waals surface area contributed by atoms with E-state index in [1.807, 2.05) is 22.6 Å². The molecule has 1 aromatic carbocycles. The van der Waals surface area contributed by atoms with Gasteiger partial charge in [-0.15, -0.1) is 0 Å². The van der Waals surface area contributed by atoms with E-state index in [-0.39, 0.29) is 5.82 Å². The first kappa shape index (κ1) is 17.8. The van der Waals surface area contributed by atoms with Crippen LogP contribution in [0.2, 0.25) is 0 Å². The predicted molar refractivity (Wildman–Crippen MR) is 102 cm³/mol. The lowest BCUT2D eigenvalue weighted by Crippen LogP contribution is -2.43. The minimum Gasteiger partial charge on any atom is -0.497 e. The molecular formula is C20H23FN4O2. The molecular weight excluding hydrogens is 347 g/mol. The average Bonchev–Trinajstić information content (AvgIpc) is 3.05. The van der Waals surface area contributed by atoms with Crippen LogP contribution < -0.4 is 14.8 Å². The molecule has 1 N–H and O–H groups in total. The van der Waals surface area contributed by atoms with Crippen LogP contribution in [-0.4, -0.2) is 54.7 Å². The zero-order valence-electron chi connectivity index (χ0n) is 15.5. The van der Waals surface area contributed by atoms with Gasteiger partial charge >= 0.3 is 0 Å². The summed E-state index contributed by atoms with van der Waals surface area (Å²) in [6.45, 7) is 4.46. The number of benzene rings is 1. The first-order chi connectivity index (χ1) is 13.2. The van der Waals surface area contributed by atoms with E-state index in [1.54, 1.807) is 20.3 Å². The van der Waals surface area contributed by atoms with Crippen LogP contribution in [0, 0.1) is 5.82 Å². The molecule has 0 amide bonds. The Balaban J connectivity index is 1.88. The molecule has 142 valence electrons. The lowest BCUT2D eigenvalue weighted by Gasteiger charge is -2.27. The first-order valence-corrected chi connectivity index (χ1v) is 9.01. The van der Waals surface area contributed by atoms with Crippen LogP contribution in [0.25, 0.3) is 16.9 Å². The van der Waals surface area contributed by atoms with E-state index in [9.17, 15) is 4.39 Å². The minimum absolute atomic E-state index is 0.286. The quantitative estimate of drug-likeness (QED) is 0.748. The van der Waals surface area contributed by atoms with E-state index in [2.05, 4.69) is 10.2 Å². The number of nitrogens with one attached hydrogen (secondary N) is 1. The molecule has 0 aliphatic carbocycles. The summed E-state index contributed by atoms with van der Waals surface area (Å²) in [6.07, 6.45) is 1.50. The Labute approximate surface area is 157 Å². The van der Waals surface area contributed by atoms with Gasteiger partial charge in [0.15, 0.2) is 0 Å². The number of rotatable bonds is 5. The van der Waals surface area contributed by atoms with Gasteiger partial charge in [0.25, 0.3) is 0 Å². The Bertz CT molecular complexity index is 951. The molecule has 1 aliphatic heterocycles. The molecule has 7 heteroatoms. The summed E-state index contributed by atoms with van der Waals surface area (Å²) in [5.74, 6) is 1.15. The van der Waals surface area contributed by atoms with Crippen molar-refractivity contribution in [3.05, 3.63) is 48.0 Å². The second-order valence-electron chi connectivity index (χ2n) is 6.57. The van der Waals surface area contributed by atoms with Crippen LogP contribution in [0.3, 0.4) is 0 Å². The van der Waals surface area contributed by atoms with E-state index < -0.39 is 0 Å². The zero-order chi connectivity index (χ0) is 18.8. The van der Waals surface area contributed by atoms with Crippen LogP contribution in [0.4, 0.5) is 4.39 Å². The lowest BCUT2D eigenvalue weighted by atomic mass is 10.1. The lowest BCUT2D eigenvalue weighted by molar-refractivity contribution is 0.230. The smallest absolute Gasteiger partial charge is 0.139 e. The largest absolute Gasteiger partial charge is 0.497 e. The molecule has 4 rings (SSSR count). The highest BCUT2D eigenvalue weighted by atomic mass is 19.1. The van der Waals surface area contributed by atoms with Crippen molar-refractivity contribution in [2.45, 2.75) is 6.54 Å². The molecule has 0 unspecified atom stereocenters. The van der Waals surface area contributed by atoms with Crippen molar-refractivity contribution in [2.24, 2.45) is 0 Å². The van der Waals surface area contributed by atoms with Gasteiger partial charge in [-0.2, -0.15) is 0 Å². The second-order valence-corrected chi connectivity index (χ2v) is 6.57. The third-order valence-corrected chi connectivity index (χ3v) is 4.93. The molecule has 0 radical (unpaired) electrons. The SMILES string of the molecule is COc1ccc(OC)c(-c2nc3ccc(F)cn3c2CN2CCNCC2)c1. The maximum Gasteiger partial charge on any atom is 0.139 e. The van der Waals surface area contributed by atoms with Gasteiger partial charge in [0.05, 0.1) is 25.6 Å². The number of aromatic nitrogens is 2. The highest BCUT2D eigenvalue weighted by Gasteiger charge is 2.21. The Morgan fingerprint density at radius 2 is 1.93 bits per heavy atom. The van der Waals surface area contributed by atoms with Crippen LogP contribution in [0.15, 0.2) is 36.5 Å². The number of halogens is 1. The Hall–Kier alpha value is -2.64. The van der Waals surface area contributed by atoms with Crippen molar-refractivity contribution < 1.29 is 13.9 Å². The van der Waals surface area contributed by atoms with Crippen LogP contribution in [0.5, 0.6) is 11.5 Å². The van der Waals surface area contributed by atoms with Gasteiger partial charge in [0, 0.05) is 44.5 Å². The number of methoxy groups -OCH3 is 2. The molecule has 6 nitrogen and oxygen atoms in total. The zero-order valence-corrected chi connectivity index (χ0v) is 15.5. The highest BCUT2D eigenvalue weighted by Crippen LogP contribution is 2.36. The summed E-state index contributed by atoms with van der Waals surface area (Å²) in [5.41, 5.74) is 3.28. The van der Waals surface area contributed by atoms with Crippen molar-refractivity contribution in [3.63, 3.8) is 0 Å². The van der Waals surface area contributed by atoms with Gasteiger partial charge < -0.3 is 14.8 Å². The van der Waals surface area contributed by atoms with Crippen molar-refractivity contribution >= 4 is 5.65 Å². The fraction of sp³-hybridized carbons (Fsp3) is 0.350. The molecule has 1 aliphatic rings. The average molecular weight is 370 g/mol. The molecule has 1 saturated heterocycles. The summed E-state index contributed by atoms with van der Waals surface area (Å²) < 4.78 is 26.7. The predicted octanol–water partition coefficient (Wildman–Crippen LogP) is 2.56. The molecule has 2 aromatic heterocycles. The standard InChI is InChI=1S/C20H23FN4O2/c1-26-15-4-5-18(27-2)16(11-15)20-17(13-24-9-7-22-8-10-24)25-12-14(21)3-6-19(25)23-20/h3-6,11-12,22H,7-10,13H2,1-2H3. The number of imidazole rings is 1. The van der Waals surface area contributed by atoms with Gasteiger partial charge in [-0.25, -0.2) is 9.37 Å². The third kappa shape index (κ3) is 3.48. The molecule has 0 bridgehead atoms. The Morgan fingerprint density at radius 3 is 2.67 bits per heavy atom. The summed E-state index contributed by atoms with van der Waals surface area (Å²) in [7, 11) is 3.27. The molecule has 3 aromatic rings. The molecule has 0 spiro atoms. The third-order valence-electron chi connectivity index (χ3n) is 4.93. The summed E-state index contributed by atoms with van der Waals surface area (Å²) in [4.78, 5) is 7.14. The number of pyridine rings is 1. The fourth-order valence-electron chi connectivity index (χ4n) is 3.51. The van der Waals surface area contributed by atoms with Crippen molar-refractivity contribution in [1.82, 2.24) is 19.6 Å². The minimum atomic E-state index is -0.286. The topological polar surface area (TPSA) is 51.0 Å². The van der Waals surface area contributed by atoms with Gasteiger partial charge in [0.2, 0.25) is 0 Å². The van der Waals surface area contributed by atoms with Crippen LogP contribution in [0.1, 0.15) is 5.69 Å². The van der Waals surface area contributed by atoms with Gasteiger partial charge in [-0.1, -0.05) is 0 Å². The molecule has 0 atom stereocenters.